The third kappa shape index (κ3) is 2.00. The Balaban J connectivity index is 1.64. The Labute approximate surface area is 155 Å². The van der Waals surface area contributed by atoms with Gasteiger partial charge in [-0.2, -0.15) is 0 Å². The molecule has 3 aliphatic carbocycles. The van der Waals surface area contributed by atoms with E-state index < -0.39 is 32.9 Å². The van der Waals surface area contributed by atoms with Crippen LogP contribution in [0.2, 0.25) is 0 Å². The van der Waals surface area contributed by atoms with E-state index in [0.29, 0.717) is 18.8 Å². The van der Waals surface area contributed by atoms with Crippen LogP contribution in [0.3, 0.4) is 0 Å². The molecule has 7 heteroatoms. The van der Waals surface area contributed by atoms with Crippen LogP contribution in [0.5, 0.6) is 0 Å². The zero-order valence-electron chi connectivity index (χ0n) is 16.3. The summed E-state index contributed by atoms with van der Waals surface area (Å²) in [6, 6.07) is 0. The Morgan fingerprint density at radius 1 is 1.12 bits per heavy atom. The molecule has 1 aliphatic heterocycles. The molecule has 6 nitrogen and oxygen atoms in total. The number of hydrogen-bond donors (Lipinski definition) is 0. The Morgan fingerprint density at radius 2 is 1.81 bits per heavy atom. The van der Waals surface area contributed by atoms with Crippen molar-refractivity contribution in [3.63, 3.8) is 0 Å². The highest BCUT2D eigenvalue weighted by atomic mass is 32.2. The quantitative estimate of drug-likeness (QED) is 0.545. The number of esters is 1. The summed E-state index contributed by atoms with van der Waals surface area (Å²) in [4.78, 5) is 10.9. The second-order valence-electron chi connectivity index (χ2n) is 9.36. The van der Waals surface area contributed by atoms with Crippen molar-refractivity contribution in [3.8, 4) is 0 Å². The minimum atomic E-state index is -3.50. The van der Waals surface area contributed by atoms with Crippen LogP contribution >= 0.6 is 0 Å². The molecule has 26 heavy (non-hydrogen) atoms. The third-order valence-electron chi connectivity index (χ3n) is 8.55. The first-order chi connectivity index (χ1) is 12.1. The number of sulfone groups is 1. The maximum absolute atomic E-state index is 13.7. The van der Waals surface area contributed by atoms with Gasteiger partial charge in [-0.05, 0) is 48.9 Å². The molecule has 0 aromatic heterocycles. The number of carbonyl (C=O) groups is 1. The Kier molecular flexibility index (Phi) is 3.92. The number of methoxy groups -OCH3 is 2. The van der Waals surface area contributed by atoms with Gasteiger partial charge in [-0.3, -0.25) is 4.79 Å². The molecule has 0 amide bonds. The summed E-state index contributed by atoms with van der Waals surface area (Å²) in [5.74, 6) is -0.371. The van der Waals surface area contributed by atoms with E-state index >= 15 is 0 Å². The minimum Gasteiger partial charge on any atom is -0.469 e. The average molecular weight is 387 g/mol. The molecule has 0 N–H and O–H groups in total. The molecule has 0 spiro atoms. The zero-order chi connectivity index (χ0) is 19.1. The summed E-state index contributed by atoms with van der Waals surface area (Å²) in [6.07, 6.45) is 2.41. The second kappa shape index (κ2) is 5.45. The first kappa shape index (κ1) is 18.7. The molecule has 0 aromatic carbocycles. The van der Waals surface area contributed by atoms with Crippen LogP contribution in [-0.4, -0.2) is 51.0 Å². The van der Waals surface area contributed by atoms with Crippen molar-refractivity contribution in [3.05, 3.63) is 0 Å². The van der Waals surface area contributed by atoms with E-state index in [2.05, 4.69) is 20.8 Å². The van der Waals surface area contributed by atoms with Gasteiger partial charge in [0.2, 0.25) is 0 Å². The Bertz CT molecular complexity index is 730. The van der Waals surface area contributed by atoms with Gasteiger partial charge >= 0.3 is 5.97 Å². The summed E-state index contributed by atoms with van der Waals surface area (Å²) in [6.45, 7) is 6.58. The van der Waals surface area contributed by atoms with Gasteiger partial charge in [0.25, 0.3) is 0 Å². The van der Waals surface area contributed by atoms with Gasteiger partial charge in [-0.25, -0.2) is 8.42 Å². The predicted molar refractivity (Wildman–Crippen MR) is 95.1 cm³/mol. The summed E-state index contributed by atoms with van der Waals surface area (Å²) in [7, 11) is -0.647. The van der Waals surface area contributed by atoms with E-state index in [9.17, 15) is 13.2 Å². The molecule has 0 aromatic rings. The van der Waals surface area contributed by atoms with Crippen LogP contribution < -0.4 is 0 Å². The van der Waals surface area contributed by atoms with E-state index in [1.807, 2.05) is 0 Å². The number of hydrogen-bond acceptors (Lipinski definition) is 6. The van der Waals surface area contributed by atoms with E-state index in [-0.39, 0.29) is 22.0 Å². The van der Waals surface area contributed by atoms with Gasteiger partial charge < -0.3 is 14.2 Å². The maximum Gasteiger partial charge on any atom is 0.311 e. The molecule has 4 aliphatic rings. The molecule has 7 atom stereocenters. The van der Waals surface area contributed by atoms with Gasteiger partial charge in [0, 0.05) is 7.11 Å². The molecular formula is C19H30O6S. The molecular weight excluding hydrogens is 356 g/mol. The van der Waals surface area contributed by atoms with Gasteiger partial charge in [-0.15, -0.1) is 0 Å². The number of carbonyl (C=O) groups excluding carboxylic acids is 1. The lowest BCUT2D eigenvalue weighted by Crippen LogP contribution is -2.51. The summed E-state index contributed by atoms with van der Waals surface area (Å²) in [5.41, 5.74) is -0.195. The van der Waals surface area contributed by atoms with E-state index in [0.717, 1.165) is 19.3 Å². The standard InChI is InChI=1S/C19H30O6S/c1-17(2)11-6-8-18(17,3)13(10-11)26(21,22)19-9-7-12(16(20)24-5)14(23-4)15(19)25-19/h11-15H,6-10H2,1-5H3/t11-,12-,13-,14-,15+,18+,19+/m0/s1. The number of fused-ring (bicyclic) bond motifs is 3. The molecule has 148 valence electrons. The lowest BCUT2D eigenvalue weighted by Gasteiger charge is -2.40. The second-order valence-corrected chi connectivity index (χ2v) is 11.7. The predicted octanol–water partition coefficient (Wildman–Crippen LogP) is 2.31. The molecule has 4 fully saturated rings. The van der Waals surface area contributed by atoms with Crippen molar-refractivity contribution in [2.75, 3.05) is 14.2 Å². The van der Waals surface area contributed by atoms with E-state index in [1.165, 1.54) is 14.2 Å². The lowest BCUT2D eigenvalue weighted by molar-refractivity contribution is -0.152. The number of epoxide rings is 1. The largest absolute Gasteiger partial charge is 0.469 e. The normalized spacial score (nSPS) is 48.9. The zero-order valence-corrected chi connectivity index (χ0v) is 17.1. The number of rotatable bonds is 4. The van der Waals surface area contributed by atoms with Crippen LogP contribution in [0, 0.1) is 22.7 Å². The highest BCUT2D eigenvalue weighted by Crippen LogP contribution is 2.69. The topological polar surface area (TPSA) is 82.2 Å². The first-order valence-corrected chi connectivity index (χ1v) is 11.1. The van der Waals surface area contributed by atoms with Crippen molar-refractivity contribution in [2.24, 2.45) is 22.7 Å². The molecule has 0 unspecified atom stereocenters. The summed E-state index contributed by atoms with van der Waals surface area (Å²) >= 11 is 0. The fraction of sp³-hybridized carbons (Fsp3) is 0.947. The van der Waals surface area contributed by atoms with Gasteiger partial charge in [0.15, 0.2) is 14.8 Å². The van der Waals surface area contributed by atoms with Crippen molar-refractivity contribution in [1.29, 1.82) is 0 Å². The molecule has 2 bridgehead atoms. The molecule has 4 rings (SSSR count). The van der Waals surface area contributed by atoms with E-state index in [4.69, 9.17) is 14.2 Å². The van der Waals surface area contributed by atoms with Crippen LogP contribution in [0.15, 0.2) is 0 Å². The number of ether oxygens (including phenoxy) is 3. The van der Waals surface area contributed by atoms with Crippen LogP contribution in [0.25, 0.3) is 0 Å². The van der Waals surface area contributed by atoms with E-state index in [1.54, 1.807) is 0 Å². The van der Waals surface area contributed by atoms with Gasteiger partial charge in [0.05, 0.1) is 18.3 Å². The highest BCUT2D eigenvalue weighted by Gasteiger charge is 2.77. The minimum absolute atomic E-state index is 0.0235. The smallest absolute Gasteiger partial charge is 0.311 e. The molecule has 1 heterocycles. The summed E-state index contributed by atoms with van der Waals surface area (Å²) < 4.78 is 43.7. The fourth-order valence-corrected chi connectivity index (χ4v) is 9.51. The Hall–Kier alpha value is -0.660. The van der Waals surface area contributed by atoms with Crippen molar-refractivity contribution >= 4 is 15.8 Å². The van der Waals surface area contributed by atoms with Gasteiger partial charge in [0.1, 0.15) is 12.2 Å². The lowest BCUT2D eigenvalue weighted by atomic mass is 9.71. The highest BCUT2D eigenvalue weighted by molar-refractivity contribution is 7.93. The van der Waals surface area contributed by atoms with Gasteiger partial charge in [-0.1, -0.05) is 20.8 Å². The summed E-state index contributed by atoms with van der Waals surface area (Å²) in [5, 5.41) is -0.374. The fourth-order valence-electron chi connectivity index (χ4n) is 6.33. The Morgan fingerprint density at radius 3 is 2.31 bits per heavy atom. The van der Waals surface area contributed by atoms with Crippen LogP contribution in [-0.2, 0) is 28.8 Å². The van der Waals surface area contributed by atoms with Crippen LogP contribution in [0.4, 0.5) is 0 Å². The van der Waals surface area contributed by atoms with Crippen molar-refractivity contribution in [2.45, 2.75) is 75.3 Å². The molecule has 3 saturated carbocycles. The van der Waals surface area contributed by atoms with Crippen LogP contribution in [0.1, 0.15) is 52.9 Å². The monoisotopic (exact) mass is 386 g/mol. The molecule has 0 radical (unpaired) electrons. The van der Waals surface area contributed by atoms with Crippen molar-refractivity contribution < 1.29 is 27.4 Å². The molecule has 1 saturated heterocycles. The average Bonchev–Trinajstić information content (AvgIpc) is 3.27. The SMILES string of the molecule is COC(=O)[C@H]1CC[C@]2(S(=O)(=O)[C@H]3C[C@@H]4CC[C@@]3(C)C4(C)C)O[C@@H]2[C@H]1OC. The third-order valence-corrected chi connectivity index (χ3v) is 11.5. The maximum atomic E-state index is 13.7. The first-order valence-electron chi connectivity index (χ1n) is 9.58. The van der Waals surface area contributed by atoms with Crippen molar-refractivity contribution in [1.82, 2.24) is 0 Å².